The van der Waals surface area contributed by atoms with Gasteiger partial charge in [0.1, 0.15) is 0 Å². The third-order valence-electron chi connectivity index (χ3n) is 3.74. The molecule has 1 aliphatic heterocycles. The lowest BCUT2D eigenvalue weighted by molar-refractivity contribution is -0.121. The molecule has 18 heavy (non-hydrogen) atoms. The van der Waals surface area contributed by atoms with E-state index in [4.69, 9.17) is 0 Å². The molecule has 3 nitrogen and oxygen atoms in total. The molecule has 2 heterocycles. The lowest BCUT2D eigenvalue weighted by Gasteiger charge is -2.34. The summed E-state index contributed by atoms with van der Waals surface area (Å²) in [6.07, 6.45) is 3.76. The molecule has 0 saturated carbocycles. The van der Waals surface area contributed by atoms with Gasteiger partial charge in [0.15, 0.2) is 0 Å². The van der Waals surface area contributed by atoms with Crippen molar-refractivity contribution in [3.05, 3.63) is 22.4 Å². The predicted molar refractivity (Wildman–Crippen MR) is 75.9 cm³/mol. The number of carbonyl (C=O) groups is 1. The molecule has 1 fully saturated rings. The highest BCUT2D eigenvalue weighted by Gasteiger charge is 2.26. The minimum absolute atomic E-state index is 0.181. The van der Waals surface area contributed by atoms with Crippen LogP contribution in [0.25, 0.3) is 0 Å². The molecule has 0 radical (unpaired) electrons. The average Bonchev–Trinajstić information content (AvgIpc) is 2.88. The smallest absolute Gasteiger partial charge is 0.220 e. The van der Waals surface area contributed by atoms with Crippen molar-refractivity contribution in [2.45, 2.75) is 32.6 Å². The summed E-state index contributed by atoms with van der Waals surface area (Å²) >= 11 is 1.69. The summed E-state index contributed by atoms with van der Waals surface area (Å²) < 4.78 is 0. The first-order valence-electron chi connectivity index (χ1n) is 6.66. The van der Waals surface area contributed by atoms with Gasteiger partial charge in [-0.2, -0.15) is 11.3 Å². The molecular formula is C14H22N2OS. The van der Waals surface area contributed by atoms with Crippen LogP contribution >= 0.6 is 11.3 Å². The molecular weight excluding hydrogens is 244 g/mol. The Balaban J connectivity index is 1.68. The Hall–Kier alpha value is -0.870. The van der Waals surface area contributed by atoms with E-state index in [0.717, 1.165) is 38.9 Å². The molecule has 0 aromatic carbocycles. The minimum Gasteiger partial charge on any atom is -0.356 e. The van der Waals surface area contributed by atoms with Crippen molar-refractivity contribution in [2.75, 3.05) is 19.6 Å². The molecule has 1 aromatic heterocycles. The van der Waals surface area contributed by atoms with Gasteiger partial charge in [0.25, 0.3) is 0 Å². The summed E-state index contributed by atoms with van der Waals surface area (Å²) in [6.45, 7) is 5.23. The van der Waals surface area contributed by atoms with E-state index in [1.807, 2.05) is 0 Å². The molecule has 2 N–H and O–H groups in total. The molecule has 100 valence electrons. The van der Waals surface area contributed by atoms with Crippen LogP contribution in [0.15, 0.2) is 16.8 Å². The number of carbonyl (C=O) groups excluding carboxylic acids is 1. The van der Waals surface area contributed by atoms with Crippen molar-refractivity contribution in [1.29, 1.82) is 0 Å². The zero-order valence-electron chi connectivity index (χ0n) is 11.0. The predicted octanol–water partition coefficient (Wildman–Crippen LogP) is 2.19. The second kappa shape index (κ2) is 6.34. The number of hydrogen-bond donors (Lipinski definition) is 2. The van der Waals surface area contributed by atoms with Gasteiger partial charge in [0.2, 0.25) is 5.91 Å². The van der Waals surface area contributed by atoms with Crippen LogP contribution in [0.3, 0.4) is 0 Å². The molecule has 1 aliphatic rings. The number of piperidine rings is 1. The van der Waals surface area contributed by atoms with Crippen molar-refractivity contribution in [3.8, 4) is 0 Å². The van der Waals surface area contributed by atoms with Crippen molar-refractivity contribution in [1.82, 2.24) is 10.6 Å². The van der Waals surface area contributed by atoms with Gasteiger partial charge in [0.05, 0.1) is 0 Å². The number of nitrogens with one attached hydrogen (secondary N) is 2. The van der Waals surface area contributed by atoms with E-state index < -0.39 is 0 Å². The van der Waals surface area contributed by atoms with Gasteiger partial charge in [-0.05, 0) is 60.2 Å². The van der Waals surface area contributed by atoms with Crippen LogP contribution in [-0.2, 0) is 11.2 Å². The fraction of sp³-hybridized carbons (Fsp3) is 0.643. The van der Waals surface area contributed by atoms with Gasteiger partial charge in [0, 0.05) is 13.0 Å². The first kappa shape index (κ1) is 13.6. The Morgan fingerprint density at radius 1 is 1.50 bits per heavy atom. The first-order chi connectivity index (χ1) is 8.68. The summed E-state index contributed by atoms with van der Waals surface area (Å²) in [5.41, 5.74) is 1.55. The minimum atomic E-state index is 0.181. The van der Waals surface area contributed by atoms with E-state index in [1.54, 1.807) is 11.3 Å². The molecule has 0 unspecified atom stereocenters. The number of amides is 1. The van der Waals surface area contributed by atoms with Crippen LogP contribution in [0.1, 0.15) is 31.7 Å². The van der Waals surface area contributed by atoms with Crippen LogP contribution in [0.5, 0.6) is 0 Å². The monoisotopic (exact) mass is 266 g/mol. The summed E-state index contributed by atoms with van der Waals surface area (Å²) in [7, 11) is 0. The summed E-state index contributed by atoms with van der Waals surface area (Å²) in [4.78, 5) is 11.8. The Morgan fingerprint density at radius 2 is 2.28 bits per heavy atom. The number of hydrogen-bond acceptors (Lipinski definition) is 3. The van der Waals surface area contributed by atoms with Gasteiger partial charge in [-0.1, -0.05) is 6.92 Å². The van der Waals surface area contributed by atoms with E-state index >= 15 is 0 Å². The standard InChI is InChI=1S/C14H22N2OS/c1-14(5-7-15-8-6-14)11-16-13(17)3-2-12-4-9-18-10-12/h4,9-10,15H,2-3,5-8,11H2,1H3,(H,16,17). The van der Waals surface area contributed by atoms with Crippen LogP contribution in [-0.4, -0.2) is 25.5 Å². The van der Waals surface area contributed by atoms with E-state index in [-0.39, 0.29) is 11.3 Å². The maximum Gasteiger partial charge on any atom is 0.220 e. The third-order valence-corrected chi connectivity index (χ3v) is 4.48. The largest absolute Gasteiger partial charge is 0.356 e. The van der Waals surface area contributed by atoms with Crippen LogP contribution in [0, 0.1) is 5.41 Å². The lowest BCUT2D eigenvalue weighted by atomic mass is 9.81. The molecule has 1 aromatic rings. The molecule has 0 atom stereocenters. The van der Waals surface area contributed by atoms with Crippen molar-refractivity contribution in [3.63, 3.8) is 0 Å². The fourth-order valence-corrected chi connectivity index (χ4v) is 3.00. The molecule has 0 aliphatic carbocycles. The Labute approximate surface area is 113 Å². The third kappa shape index (κ3) is 4.10. The normalized spacial score (nSPS) is 18.5. The average molecular weight is 266 g/mol. The second-order valence-corrected chi connectivity index (χ2v) is 6.25. The molecule has 2 rings (SSSR count). The zero-order chi connectivity index (χ0) is 12.8. The van der Waals surface area contributed by atoms with Gasteiger partial charge in [-0.3, -0.25) is 4.79 Å². The molecule has 0 bridgehead atoms. The lowest BCUT2D eigenvalue weighted by Crippen LogP contribution is -2.42. The maximum absolute atomic E-state index is 11.8. The fourth-order valence-electron chi connectivity index (χ4n) is 2.30. The molecule has 1 saturated heterocycles. The Morgan fingerprint density at radius 3 is 2.94 bits per heavy atom. The van der Waals surface area contributed by atoms with Crippen molar-refractivity contribution < 1.29 is 4.79 Å². The van der Waals surface area contributed by atoms with E-state index in [9.17, 15) is 4.79 Å². The zero-order valence-corrected chi connectivity index (χ0v) is 11.8. The summed E-state index contributed by atoms with van der Waals surface area (Å²) in [6, 6.07) is 2.09. The first-order valence-corrected chi connectivity index (χ1v) is 7.61. The molecule has 1 amide bonds. The number of rotatable bonds is 5. The Bertz CT molecular complexity index is 369. The summed E-state index contributed by atoms with van der Waals surface area (Å²) in [5, 5.41) is 10.6. The maximum atomic E-state index is 11.8. The topological polar surface area (TPSA) is 41.1 Å². The van der Waals surface area contributed by atoms with Crippen LogP contribution in [0.2, 0.25) is 0 Å². The quantitative estimate of drug-likeness (QED) is 0.858. The van der Waals surface area contributed by atoms with Crippen LogP contribution < -0.4 is 10.6 Å². The van der Waals surface area contributed by atoms with Gasteiger partial charge >= 0.3 is 0 Å². The van der Waals surface area contributed by atoms with Crippen LogP contribution in [0.4, 0.5) is 0 Å². The highest BCUT2D eigenvalue weighted by Crippen LogP contribution is 2.26. The second-order valence-electron chi connectivity index (χ2n) is 5.47. The summed E-state index contributed by atoms with van der Waals surface area (Å²) in [5.74, 6) is 0.181. The van der Waals surface area contributed by atoms with Gasteiger partial charge < -0.3 is 10.6 Å². The molecule has 4 heteroatoms. The highest BCUT2D eigenvalue weighted by molar-refractivity contribution is 7.07. The SMILES string of the molecule is CC1(CNC(=O)CCc2ccsc2)CCNCC1. The number of thiophene rings is 1. The number of aryl methyl sites for hydroxylation is 1. The van der Waals surface area contributed by atoms with Crippen molar-refractivity contribution in [2.24, 2.45) is 5.41 Å². The van der Waals surface area contributed by atoms with Crippen molar-refractivity contribution >= 4 is 17.2 Å². The van der Waals surface area contributed by atoms with E-state index in [2.05, 4.69) is 34.4 Å². The van der Waals surface area contributed by atoms with Gasteiger partial charge in [-0.25, -0.2) is 0 Å². The Kier molecular flexibility index (Phi) is 4.78. The van der Waals surface area contributed by atoms with Gasteiger partial charge in [-0.15, -0.1) is 0 Å². The van der Waals surface area contributed by atoms with E-state index in [0.29, 0.717) is 6.42 Å². The molecule has 0 spiro atoms. The highest BCUT2D eigenvalue weighted by atomic mass is 32.1. The van der Waals surface area contributed by atoms with E-state index in [1.165, 1.54) is 5.56 Å².